The minimum atomic E-state index is -0.141. The van der Waals surface area contributed by atoms with Crippen LogP contribution in [0, 0.1) is 0 Å². The fraction of sp³-hybridized carbons (Fsp3) is 0.400. The third kappa shape index (κ3) is 5.95. The molecule has 7 heteroatoms. The van der Waals surface area contributed by atoms with Crippen LogP contribution < -0.4 is 10.1 Å². The van der Waals surface area contributed by atoms with Gasteiger partial charge in [-0.15, -0.1) is 0 Å². The molecule has 1 aliphatic rings. The number of nitrogens with one attached hydrogen (secondary N) is 2. The van der Waals surface area contributed by atoms with E-state index in [9.17, 15) is 4.79 Å². The number of nitrogens with zero attached hydrogens (tertiary/aromatic N) is 3. The van der Waals surface area contributed by atoms with Crippen LogP contribution in [0.5, 0.6) is 11.5 Å². The summed E-state index contributed by atoms with van der Waals surface area (Å²) in [6, 6.07) is 11.0. The molecule has 0 saturated carbocycles. The second-order valence-corrected chi connectivity index (χ2v) is 8.25. The molecule has 2 N–H and O–H groups in total. The number of amides is 1. The van der Waals surface area contributed by atoms with Gasteiger partial charge >= 0.3 is 0 Å². The Balaban J connectivity index is 1.35. The monoisotopic (exact) mass is 433 g/mol. The maximum absolute atomic E-state index is 13.1. The predicted molar refractivity (Wildman–Crippen MR) is 125 cm³/mol. The molecule has 2 aromatic heterocycles. The molecule has 0 aliphatic carbocycles. The van der Waals surface area contributed by atoms with Crippen molar-refractivity contribution in [3.05, 3.63) is 66.5 Å². The lowest BCUT2D eigenvalue weighted by Crippen LogP contribution is -2.46. The Hall–Kier alpha value is -3.19. The Kier molecular flexibility index (Phi) is 7.51. The number of carbonyl (C=O) groups excluding carboxylic acids is 1. The summed E-state index contributed by atoms with van der Waals surface area (Å²) in [6.07, 6.45) is 11.6. The molecule has 4 rings (SSSR count). The smallest absolute Gasteiger partial charge is 0.241 e. The molecule has 1 amide bonds. The topological polar surface area (TPSA) is 83.1 Å². The number of aromatic amines is 1. The van der Waals surface area contributed by atoms with Gasteiger partial charge in [-0.25, -0.2) is 4.98 Å². The van der Waals surface area contributed by atoms with Crippen molar-refractivity contribution < 1.29 is 9.53 Å². The number of aryl methyl sites for hydroxylation is 1. The molecule has 0 spiro atoms. The lowest BCUT2D eigenvalue weighted by Gasteiger charge is -2.34. The average Bonchev–Trinajstić information content (AvgIpc) is 3.27. The van der Waals surface area contributed by atoms with Gasteiger partial charge in [0, 0.05) is 36.7 Å². The largest absolute Gasteiger partial charge is 0.456 e. The molecule has 32 heavy (non-hydrogen) atoms. The van der Waals surface area contributed by atoms with Gasteiger partial charge in [0.1, 0.15) is 17.3 Å². The average molecular weight is 434 g/mol. The van der Waals surface area contributed by atoms with E-state index >= 15 is 0 Å². The van der Waals surface area contributed by atoms with Crippen LogP contribution in [0.25, 0.3) is 0 Å². The lowest BCUT2D eigenvalue weighted by molar-refractivity contribution is -0.122. The van der Waals surface area contributed by atoms with E-state index < -0.39 is 0 Å². The summed E-state index contributed by atoms with van der Waals surface area (Å²) in [4.78, 5) is 27.3. The van der Waals surface area contributed by atoms with Crippen LogP contribution in [0.1, 0.15) is 50.5 Å². The molecule has 1 atom stereocenters. The number of rotatable bonds is 9. The highest BCUT2D eigenvalue weighted by Gasteiger charge is 2.29. The molecule has 7 nitrogen and oxygen atoms in total. The Labute approximate surface area is 189 Å². The van der Waals surface area contributed by atoms with Crippen molar-refractivity contribution in [2.45, 2.75) is 58.0 Å². The number of unbranched alkanes of at least 4 members (excludes halogenated alkanes) is 1. The maximum Gasteiger partial charge on any atom is 0.241 e. The maximum atomic E-state index is 13.1. The van der Waals surface area contributed by atoms with Crippen LogP contribution in [0.3, 0.4) is 0 Å². The van der Waals surface area contributed by atoms with Crippen molar-refractivity contribution >= 4 is 11.6 Å². The van der Waals surface area contributed by atoms with E-state index in [1.807, 2.05) is 42.6 Å². The minimum Gasteiger partial charge on any atom is -0.456 e. The van der Waals surface area contributed by atoms with Gasteiger partial charge in [-0.1, -0.05) is 19.8 Å². The second-order valence-electron chi connectivity index (χ2n) is 8.25. The summed E-state index contributed by atoms with van der Waals surface area (Å²) in [5.74, 6) is 2.46. The van der Waals surface area contributed by atoms with E-state index in [2.05, 4.69) is 32.1 Å². The van der Waals surface area contributed by atoms with Crippen LogP contribution in [-0.4, -0.2) is 38.3 Å². The van der Waals surface area contributed by atoms with E-state index in [1.165, 1.54) is 0 Å². The summed E-state index contributed by atoms with van der Waals surface area (Å²) in [5.41, 5.74) is 1.84. The van der Waals surface area contributed by atoms with Crippen molar-refractivity contribution in [1.29, 1.82) is 0 Å². The third-order valence-electron chi connectivity index (χ3n) is 5.73. The number of H-pyrrole nitrogens is 1. The Morgan fingerprint density at radius 1 is 1.19 bits per heavy atom. The predicted octanol–water partition coefficient (Wildman–Crippen LogP) is 4.93. The Morgan fingerprint density at radius 3 is 2.84 bits per heavy atom. The fourth-order valence-electron chi connectivity index (χ4n) is 4.03. The number of anilines is 1. The fourth-order valence-corrected chi connectivity index (χ4v) is 4.03. The molecule has 0 bridgehead atoms. The number of imidazole rings is 1. The van der Waals surface area contributed by atoms with Crippen LogP contribution in [0.15, 0.2) is 55.0 Å². The highest BCUT2D eigenvalue weighted by molar-refractivity contribution is 5.94. The summed E-state index contributed by atoms with van der Waals surface area (Å²) >= 11 is 0. The van der Waals surface area contributed by atoms with E-state index in [1.54, 1.807) is 12.4 Å². The van der Waals surface area contributed by atoms with Crippen molar-refractivity contribution in [1.82, 2.24) is 19.9 Å². The molecule has 1 saturated heterocycles. The zero-order valence-electron chi connectivity index (χ0n) is 18.6. The quantitative estimate of drug-likeness (QED) is 0.500. The molecular formula is C25H31N5O2. The number of hydrogen-bond acceptors (Lipinski definition) is 5. The normalized spacial score (nSPS) is 16.6. The highest BCUT2D eigenvalue weighted by atomic mass is 16.5. The number of carbonyl (C=O) groups is 1. The van der Waals surface area contributed by atoms with E-state index in [4.69, 9.17) is 4.74 Å². The molecule has 1 fully saturated rings. The molecule has 168 valence electrons. The molecule has 1 aliphatic heterocycles. The zero-order valence-corrected chi connectivity index (χ0v) is 18.6. The number of ether oxygens (including phenoxy) is 1. The number of likely N-dealkylation sites (tertiary alicyclic amines) is 1. The summed E-state index contributed by atoms with van der Waals surface area (Å²) in [6.45, 7) is 3.82. The van der Waals surface area contributed by atoms with Crippen LogP contribution >= 0.6 is 0 Å². The molecule has 1 aromatic carbocycles. The second kappa shape index (κ2) is 10.9. The molecule has 3 aromatic rings. The van der Waals surface area contributed by atoms with Gasteiger partial charge in [0.2, 0.25) is 5.91 Å². The lowest BCUT2D eigenvalue weighted by atomic mass is 10.0. The summed E-state index contributed by atoms with van der Waals surface area (Å²) < 4.78 is 5.77. The van der Waals surface area contributed by atoms with Gasteiger partial charge in [0.15, 0.2) is 0 Å². The van der Waals surface area contributed by atoms with Crippen molar-refractivity contribution in [3.63, 3.8) is 0 Å². The van der Waals surface area contributed by atoms with Crippen LogP contribution in [0.2, 0.25) is 0 Å². The van der Waals surface area contributed by atoms with Gasteiger partial charge in [-0.05, 0) is 62.2 Å². The first-order valence-electron chi connectivity index (χ1n) is 11.5. The summed E-state index contributed by atoms with van der Waals surface area (Å²) in [7, 11) is 0. The first kappa shape index (κ1) is 22.0. The SMILES string of the molecule is CCCCc1ncc(CN2CCCC[C@@H]2C(=O)Nc2ccc(Oc3cccnc3)cc2)[nH]1. The molecule has 3 heterocycles. The molecular weight excluding hydrogens is 402 g/mol. The van der Waals surface area contributed by atoms with Gasteiger partial charge in [0.25, 0.3) is 0 Å². The third-order valence-corrected chi connectivity index (χ3v) is 5.73. The Morgan fingerprint density at radius 2 is 2.06 bits per heavy atom. The van der Waals surface area contributed by atoms with Crippen molar-refractivity contribution in [2.75, 3.05) is 11.9 Å². The molecule has 0 radical (unpaired) electrons. The first-order valence-corrected chi connectivity index (χ1v) is 11.5. The van der Waals surface area contributed by atoms with Crippen molar-refractivity contribution in [2.24, 2.45) is 0 Å². The number of aromatic nitrogens is 3. The van der Waals surface area contributed by atoms with Gasteiger partial charge < -0.3 is 15.0 Å². The standard InChI is InChI=1S/C25H31N5O2/c1-2-3-9-24-27-16-20(28-24)18-30-15-5-4-8-23(30)25(31)29-19-10-12-21(13-11-19)32-22-7-6-14-26-17-22/h6-7,10-14,16-17,23H,2-5,8-9,15,18H2,1H3,(H,27,28)(H,29,31)/t23-/m1/s1. The highest BCUT2D eigenvalue weighted by Crippen LogP contribution is 2.24. The van der Waals surface area contributed by atoms with E-state index in [0.29, 0.717) is 11.5 Å². The number of benzene rings is 1. The van der Waals surface area contributed by atoms with E-state index in [0.717, 1.165) is 68.8 Å². The zero-order chi connectivity index (χ0) is 22.2. The summed E-state index contributed by atoms with van der Waals surface area (Å²) in [5, 5.41) is 3.08. The molecule has 0 unspecified atom stereocenters. The number of hydrogen-bond donors (Lipinski definition) is 2. The number of pyridine rings is 1. The minimum absolute atomic E-state index is 0.0383. The Bertz CT molecular complexity index is 987. The first-order chi connectivity index (χ1) is 15.7. The van der Waals surface area contributed by atoms with Crippen LogP contribution in [0.4, 0.5) is 5.69 Å². The van der Waals surface area contributed by atoms with Gasteiger partial charge in [0.05, 0.1) is 12.2 Å². The van der Waals surface area contributed by atoms with Crippen LogP contribution in [-0.2, 0) is 17.8 Å². The number of piperidine rings is 1. The van der Waals surface area contributed by atoms with Crippen molar-refractivity contribution in [3.8, 4) is 11.5 Å². The van der Waals surface area contributed by atoms with E-state index in [-0.39, 0.29) is 11.9 Å². The van der Waals surface area contributed by atoms with Gasteiger partial charge in [-0.2, -0.15) is 0 Å². The van der Waals surface area contributed by atoms with Gasteiger partial charge in [-0.3, -0.25) is 14.7 Å².